The zero-order chi connectivity index (χ0) is 20.7. The maximum absolute atomic E-state index is 14.2. The number of amides is 1. The number of hydrogen-bond donors (Lipinski definition) is 2. The molecule has 11 heteroatoms. The van der Waals surface area contributed by atoms with Gasteiger partial charge in [-0.25, -0.2) is 4.39 Å². The molecule has 0 unspecified atom stereocenters. The number of nitrogens with zero attached hydrogens (tertiary/aromatic N) is 1. The molecule has 0 aliphatic heterocycles. The summed E-state index contributed by atoms with van der Waals surface area (Å²) in [6, 6.07) is 4.08. The number of hydrogen-bond acceptors (Lipinski definition) is 4. The van der Waals surface area contributed by atoms with Crippen molar-refractivity contribution in [2.45, 2.75) is 6.92 Å². The lowest BCUT2D eigenvalue weighted by molar-refractivity contribution is -0.390. The molecule has 0 aliphatic carbocycles. The van der Waals surface area contributed by atoms with E-state index < -0.39 is 50.7 Å². The maximum Gasteiger partial charge on any atom is 0.343 e. The van der Waals surface area contributed by atoms with Crippen molar-refractivity contribution in [3.05, 3.63) is 78.5 Å². The van der Waals surface area contributed by atoms with E-state index in [-0.39, 0.29) is 16.1 Å². The third-order valence-electron chi connectivity index (χ3n) is 4.05. The monoisotopic (exact) mass is 411 g/mol. The second-order valence-electron chi connectivity index (χ2n) is 5.73. The molecule has 2 aromatic carbocycles. The number of H-pyrrole nitrogens is 1. The molecule has 28 heavy (non-hydrogen) atoms. The normalized spacial score (nSPS) is 10.9. The van der Waals surface area contributed by atoms with Gasteiger partial charge in [0.05, 0.1) is 21.2 Å². The van der Waals surface area contributed by atoms with Gasteiger partial charge < -0.3 is 10.3 Å². The van der Waals surface area contributed by atoms with Crippen LogP contribution in [0.1, 0.15) is 15.9 Å². The van der Waals surface area contributed by atoms with E-state index in [1.165, 1.54) is 24.4 Å². The van der Waals surface area contributed by atoms with Crippen molar-refractivity contribution >= 4 is 39.7 Å². The number of halogens is 4. The highest BCUT2D eigenvalue weighted by Crippen LogP contribution is 2.32. The van der Waals surface area contributed by atoms with Crippen LogP contribution in [0.3, 0.4) is 0 Å². The minimum absolute atomic E-state index is 0.0530. The van der Waals surface area contributed by atoms with Crippen molar-refractivity contribution in [3.63, 3.8) is 0 Å². The standard InChI is InChI=1S/C17H9ClF3N3O4/c1-6-11(13(20)14(21)15(12(6)19)24(27)28)17(26)23-10-4-7-2-3-22-16(25)8(7)5-9(10)18/h2-5H,1H3,(H,22,25)(H,23,26). The van der Waals surface area contributed by atoms with E-state index in [2.05, 4.69) is 10.3 Å². The number of nitro benzene ring substituents is 1. The van der Waals surface area contributed by atoms with Crippen LogP contribution in [0.25, 0.3) is 10.8 Å². The molecule has 0 bridgehead atoms. The summed E-state index contributed by atoms with van der Waals surface area (Å²) in [5, 5.41) is 13.5. The van der Waals surface area contributed by atoms with Crippen LogP contribution in [0.5, 0.6) is 0 Å². The molecule has 0 saturated heterocycles. The highest BCUT2D eigenvalue weighted by atomic mass is 35.5. The zero-order valence-corrected chi connectivity index (χ0v) is 14.7. The third kappa shape index (κ3) is 3.07. The Kier molecular flexibility index (Phi) is 4.82. The van der Waals surface area contributed by atoms with Crippen LogP contribution in [0.2, 0.25) is 5.02 Å². The fraction of sp³-hybridized carbons (Fsp3) is 0.0588. The summed E-state index contributed by atoms with van der Waals surface area (Å²) in [6.07, 6.45) is 1.36. The predicted octanol–water partition coefficient (Wildman–Crippen LogP) is 4.07. The molecule has 7 nitrogen and oxygen atoms in total. The van der Waals surface area contributed by atoms with E-state index >= 15 is 0 Å². The molecule has 2 N–H and O–H groups in total. The first-order chi connectivity index (χ1) is 13.1. The lowest BCUT2D eigenvalue weighted by atomic mass is 10.0. The van der Waals surface area contributed by atoms with Crippen LogP contribution >= 0.6 is 11.6 Å². The number of anilines is 1. The van der Waals surface area contributed by atoms with E-state index in [1.54, 1.807) is 0 Å². The van der Waals surface area contributed by atoms with Crippen LogP contribution in [0, 0.1) is 34.5 Å². The number of fused-ring (bicyclic) bond motifs is 1. The highest BCUT2D eigenvalue weighted by Gasteiger charge is 2.33. The van der Waals surface area contributed by atoms with Crippen molar-refractivity contribution in [2.75, 3.05) is 5.32 Å². The van der Waals surface area contributed by atoms with Crippen molar-refractivity contribution in [1.82, 2.24) is 4.98 Å². The number of benzene rings is 2. The van der Waals surface area contributed by atoms with Gasteiger partial charge in [0.2, 0.25) is 11.6 Å². The summed E-state index contributed by atoms with van der Waals surface area (Å²) < 4.78 is 42.2. The lowest BCUT2D eigenvalue weighted by Crippen LogP contribution is -2.19. The second kappa shape index (κ2) is 6.97. The molecular weight excluding hydrogens is 403 g/mol. The Morgan fingerprint density at radius 2 is 1.89 bits per heavy atom. The van der Waals surface area contributed by atoms with E-state index in [0.717, 1.165) is 6.92 Å². The maximum atomic E-state index is 14.2. The van der Waals surface area contributed by atoms with Gasteiger partial charge in [0.25, 0.3) is 11.5 Å². The van der Waals surface area contributed by atoms with Gasteiger partial charge in [-0.15, -0.1) is 0 Å². The number of aromatic nitrogens is 1. The predicted molar refractivity (Wildman–Crippen MR) is 95.2 cm³/mol. The Morgan fingerprint density at radius 1 is 1.21 bits per heavy atom. The van der Waals surface area contributed by atoms with Gasteiger partial charge in [0.1, 0.15) is 0 Å². The Hall–Kier alpha value is -3.40. The highest BCUT2D eigenvalue weighted by molar-refractivity contribution is 6.34. The summed E-state index contributed by atoms with van der Waals surface area (Å²) >= 11 is 6.02. The van der Waals surface area contributed by atoms with Crippen LogP contribution in [-0.4, -0.2) is 15.8 Å². The van der Waals surface area contributed by atoms with Gasteiger partial charge in [-0.2, -0.15) is 8.78 Å². The minimum atomic E-state index is -2.09. The van der Waals surface area contributed by atoms with Crippen LogP contribution in [0.4, 0.5) is 24.5 Å². The quantitative estimate of drug-likeness (QED) is 0.385. The first-order valence-corrected chi connectivity index (χ1v) is 7.95. The van der Waals surface area contributed by atoms with Gasteiger partial charge in [-0.1, -0.05) is 11.6 Å². The fourth-order valence-corrected chi connectivity index (χ4v) is 2.89. The number of nitro groups is 1. The number of rotatable bonds is 3. The number of carbonyl (C=O) groups excluding carboxylic acids is 1. The number of carbonyl (C=O) groups is 1. The average molecular weight is 412 g/mol. The Morgan fingerprint density at radius 3 is 2.54 bits per heavy atom. The molecule has 0 aliphatic rings. The van der Waals surface area contributed by atoms with Crippen molar-refractivity contribution in [1.29, 1.82) is 0 Å². The van der Waals surface area contributed by atoms with E-state index in [9.17, 15) is 32.9 Å². The Labute approximate surface area is 158 Å². The van der Waals surface area contributed by atoms with Crippen molar-refractivity contribution in [3.8, 4) is 0 Å². The SMILES string of the molecule is Cc1c(F)c([N+](=O)[O-])c(F)c(F)c1C(=O)Nc1cc2cc[nH]c(=O)c2cc1Cl. The second-order valence-corrected chi connectivity index (χ2v) is 6.14. The molecule has 144 valence electrons. The molecule has 1 amide bonds. The van der Waals surface area contributed by atoms with E-state index in [4.69, 9.17) is 11.6 Å². The molecular formula is C17H9ClF3N3O4. The summed E-state index contributed by atoms with van der Waals surface area (Å²) in [5.74, 6) is -6.88. The van der Waals surface area contributed by atoms with Gasteiger partial charge >= 0.3 is 5.69 Å². The van der Waals surface area contributed by atoms with Crippen molar-refractivity contribution in [2.24, 2.45) is 0 Å². The molecule has 3 rings (SSSR count). The summed E-state index contributed by atoms with van der Waals surface area (Å²) in [7, 11) is 0. The Bertz CT molecular complexity index is 1200. The fourth-order valence-electron chi connectivity index (χ4n) is 2.68. The topological polar surface area (TPSA) is 105 Å². The first-order valence-electron chi connectivity index (χ1n) is 7.57. The third-order valence-corrected chi connectivity index (χ3v) is 4.36. The molecule has 0 spiro atoms. The minimum Gasteiger partial charge on any atom is -0.329 e. The smallest absolute Gasteiger partial charge is 0.329 e. The summed E-state index contributed by atoms with van der Waals surface area (Å²) in [5.41, 5.74) is -3.95. The lowest BCUT2D eigenvalue weighted by Gasteiger charge is -2.12. The van der Waals surface area contributed by atoms with Crippen LogP contribution in [-0.2, 0) is 0 Å². The number of pyridine rings is 1. The van der Waals surface area contributed by atoms with Crippen LogP contribution in [0.15, 0.2) is 29.2 Å². The molecule has 1 heterocycles. The van der Waals surface area contributed by atoms with Crippen LogP contribution < -0.4 is 10.9 Å². The van der Waals surface area contributed by atoms with Gasteiger partial charge in [-0.05, 0) is 30.5 Å². The average Bonchev–Trinajstić information content (AvgIpc) is 2.62. The Balaban J connectivity index is 2.10. The number of aromatic amines is 1. The van der Waals surface area contributed by atoms with Gasteiger partial charge in [0, 0.05) is 17.1 Å². The van der Waals surface area contributed by atoms with Gasteiger partial charge in [-0.3, -0.25) is 19.7 Å². The largest absolute Gasteiger partial charge is 0.343 e. The molecule has 1 aromatic heterocycles. The molecule has 3 aromatic rings. The first kappa shape index (κ1) is 19.4. The van der Waals surface area contributed by atoms with E-state index in [0.29, 0.717) is 5.39 Å². The zero-order valence-electron chi connectivity index (χ0n) is 13.9. The molecule has 0 saturated carbocycles. The van der Waals surface area contributed by atoms with Crippen molar-refractivity contribution < 1.29 is 22.9 Å². The molecule has 0 atom stereocenters. The molecule has 0 fully saturated rings. The van der Waals surface area contributed by atoms with E-state index in [1.807, 2.05) is 0 Å². The molecule has 0 radical (unpaired) electrons. The summed E-state index contributed by atoms with van der Waals surface area (Å²) in [6.45, 7) is 0.904. The van der Waals surface area contributed by atoms with Gasteiger partial charge in [0.15, 0.2) is 5.82 Å². The summed E-state index contributed by atoms with van der Waals surface area (Å²) in [4.78, 5) is 35.9. The number of nitrogens with one attached hydrogen (secondary N) is 2.